The van der Waals surface area contributed by atoms with E-state index in [1.807, 2.05) is 0 Å². The first kappa shape index (κ1) is 22.2. The van der Waals surface area contributed by atoms with Gasteiger partial charge in [-0.25, -0.2) is 19.3 Å². The number of carbonyl (C=O) groups is 1. The van der Waals surface area contributed by atoms with Gasteiger partial charge >= 0.3 is 6.18 Å². The van der Waals surface area contributed by atoms with Crippen LogP contribution in [-0.2, 0) is 6.18 Å². The van der Waals surface area contributed by atoms with Gasteiger partial charge in [0.2, 0.25) is 0 Å². The fourth-order valence-corrected chi connectivity index (χ4v) is 4.90. The van der Waals surface area contributed by atoms with Crippen LogP contribution >= 0.6 is 0 Å². The van der Waals surface area contributed by atoms with Crippen LogP contribution in [0, 0.1) is 11.7 Å². The zero-order chi connectivity index (χ0) is 23.9. The standard InChI is InChI=1S/C24H21F4N5O/c25-16-4-5-17(22-29-8-1-9-30-22)18(11-16)23(34)33-13-14-2-6-20(33)19(10-14)32-21-7-3-15(12-31-21)24(26,27)28/h1,3-5,7-9,11-12,14,19-20H,2,6,10,13H2,(H,31,32)/t14?,19-,20+/m1/s1. The lowest BCUT2D eigenvalue weighted by molar-refractivity contribution is -0.137. The number of piperidine rings is 2. The first-order valence-corrected chi connectivity index (χ1v) is 11.0. The number of hydrogen-bond donors (Lipinski definition) is 1. The number of aromatic nitrogens is 3. The number of nitrogens with zero attached hydrogens (tertiary/aromatic N) is 4. The molecule has 6 nitrogen and oxygen atoms in total. The Labute approximate surface area is 193 Å². The molecule has 1 unspecified atom stereocenters. The van der Waals surface area contributed by atoms with Crippen LogP contribution < -0.4 is 5.32 Å². The third kappa shape index (κ3) is 4.32. The Balaban J connectivity index is 1.40. The van der Waals surface area contributed by atoms with E-state index in [1.54, 1.807) is 23.4 Å². The van der Waals surface area contributed by atoms with Crippen molar-refractivity contribution in [1.82, 2.24) is 19.9 Å². The van der Waals surface area contributed by atoms with E-state index >= 15 is 0 Å². The van der Waals surface area contributed by atoms with Crippen molar-refractivity contribution in [2.24, 2.45) is 5.92 Å². The molecule has 1 amide bonds. The molecule has 176 valence electrons. The van der Waals surface area contributed by atoms with Crippen molar-refractivity contribution in [3.63, 3.8) is 0 Å². The first-order valence-electron chi connectivity index (χ1n) is 11.0. The van der Waals surface area contributed by atoms with E-state index in [4.69, 9.17) is 0 Å². The highest BCUT2D eigenvalue weighted by Crippen LogP contribution is 2.38. The summed E-state index contributed by atoms with van der Waals surface area (Å²) < 4.78 is 52.7. The van der Waals surface area contributed by atoms with Crippen molar-refractivity contribution in [1.29, 1.82) is 0 Å². The van der Waals surface area contributed by atoms with Crippen molar-refractivity contribution in [2.45, 2.75) is 37.5 Å². The minimum Gasteiger partial charge on any atom is -0.365 e. The van der Waals surface area contributed by atoms with Gasteiger partial charge in [0.05, 0.1) is 17.2 Å². The largest absolute Gasteiger partial charge is 0.417 e. The van der Waals surface area contributed by atoms with E-state index in [9.17, 15) is 22.4 Å². The molecule has 34 heavy (non-hydrogen) atoms. The molecule has 2 aliphatic heterocycles. The third-order valence-electron chi connectivity index (χ3n) is 6.48. The summed E-state index contributed by atoms with van der Waals surface area (Å²) in [5.74, 6) is 0.0296. The van der Waals surface area contributed by atoms with Crippen LogP contribution in [0.1, 0.15) is 35.2 Å². The minimum atomic E-state index is -4.45. The fourth-order valence-electron chi connectivity index (χ4n) is 4.90. The highest BCUT2D eigenvalue weighted by atomic mass is 19.4. The SMILES string of the molecule is O=C(c1cc(F)ccc1-c1ncccn1)N1CC2CC[C@H]1[C@H](Nc1ccc(C(F)(F)F)cn1)C2. The summed E-state index contributed by atoms with van der Waals surface area (Å²) in [5, 5.41) is 3.21. The van der Waals surface area contributed by atoms with Gasteiger partial charge in [-0.3, -0.25) is 4.79 Å². The van der Waals surface area contributed by atoms with E-state index in [1.165, 1.54) is 24.3 Å². The molecule has 1 N–H and O–H groups in total. The van der Waals surface area contributed by atoms with Gasteiger partial charge in [-0.1, -0.05) is 0 Å². The lowest BCUT2D eigenvalue weighted by Gasteiger charge is -2.50. The molecule has 3 atom stereocenters. The number of pyridine rings is 1. The number of halogens is 4. The maximum atomic E-state index is 14.1. The number of nitrogens with one attached hydrogen (secondary N) is 1. The molecular weight excluding hydrogens is 450 g/mol. The summed E-state index contributed by atoms with van der Waals surface area (Å²) in [7, 11) is 0. The van der Waals surface area contributed by atoms with E-state index in [0.29, 0.717) is 23.8 Å². The topological polar surface area (TPSA) is 71.0 Å². The molecule has 1 aliphatic carbocycles. The summed E-state index contributed by atoms with van der Waals surface area (Å²) in [6.07, 6.45) is 1.91. The summed E-state index contributed by atoms with van der Waals surface area (Å²) >= 11 is 0. The monoisotopic (exact) mass is 471 g/mol. The number of carbonyl (C=O) groups excluding carboxylic acids is 1. The number of hydrogen-bond acceptors (Lipinski definition) is 5. The molecule has 1 aromatic carbocycles. The molecule has 3 aromatic rings. The summed E-state index contributed by atoms with van der Waals surface area (Å²) in [6, 6.07) is 7.54. The van der Waals surface area contributed by atoms with Crippen molar-refractivity contribution in [2.75, 3.05) is 11.9 Å². The molecule has 10 heteroatoms. The Hall–Kier alpha value is -3.56. The van der Waals surface area contributed by atoms with Gasteiger partial charge in [0.15, 0.2) is 5.82 Å². The Bertz CT molecular complexity index is 1190. The Morgan fingerprint density at radius 3 is 2.53 bits per heavy atom. The molecule has 0 radical (unpaired) electrons. The normalized spacial score (nSPS) is 22.0. The number of fused-ring (bicyclic) bond motifs is 3. The average molecular weight is 471 g/mol. The van der Waals surface area contributed by atoms with Gasteiger partial charge in [-0.2, -0.15) is 13.2 Å². The lowest BCUT2D eigenvalue weighted by Crippen LogP contribution is -2.59. The van der Waals surface area contributed by atoms with Crippen molar-refractivity contribution >= 4 is 11.7 Å². The predicted octanol–water partition coefficient (Wildman–Crippen LogP) is 4.80. The summed E-state index contributed by atoms with van der Waals surface area (Å²) in [6.45, 7) is 0.535. The van der Waals surface area contributed by atoms with Crippen molar-refractivity contribution in [3.8, 4) is 11.4 Å². The van der Waals surface area contributed by atoms with Crippen LogP contribution in [0.2, 0.25) is 0 Å². The highest BCUT2D eigenvalue weighted by molar-refractivity contribution is 6.00. The number of anilines is 1. The second kappa shape index (κ2) is 8.66. The van der Waals surface area contributed by atoms with Crippen LogP contribution in [0.3, 0.4) is 0 Å². The van der Waals surface area contributed by atoms with E-state index in [2.05, 4.69) is 20.3 Å². The van der Waals surface area contributed by atoms with Crippen LogP contribution in [0.4, 0.5) is 23.4 Å². The molecule has 2 aromatic heterocycles. The average Bonchev–Trinajstić information content (AvgIpc) is 2.84. The molecule has 4 heterocycles. The smallest absolute Gasteiger partial charge is 0.365 e. The lowest BCUT2D eigenvalue weighted by atomic mass is 9.76. The molecule has 0 spiro atoms. The molecule has 1 saturated carbocycles. The Morgan fingerprint density at radius 1 is 1.06 bits per heavy atom. The van der Waals surface area contributed by atoms with Crippen LogP contribution in [0.5, 0.6) is 0 Å². The zero-order valence-corrected chi connectivity index (χ0v) is 18.0. The minimum absolute atomic E-state index is 0.175. The van der Waals surface area contributed by atoms with Crippen LogP contribution in [0.25, 0.3) is 11.4 Å². The molecule has 2 bridgehead atoms. The van der Waals surface area contributed by atoms with E-state index in [-0.39, 0.29) is 29.5 Å². The summed E-state index contributed by atoms with van der Waals surface area (Å²) in [5.41, 5.74) is -0.186. The summed E-state index contributed by atoms with van der Waals surface area (Å²) in [4.78, 5) is 27.7. The fraction of sp³-hybridized carbons (Fsp3) is 0.333. The Kier molecular flexibility index (Phi) is 5.66. The number of rotatable bonds is 4. The maximum Gasteiger partial charge on any atom is 0.417 e. The van der Waals surface area contributed by atoms with Gasteiger partial charge in [-0.05, 0) is 61.6 Å². The second-order valence-corrected chi connectivity index (χ2v) is 8.65. The Morgan fingerprint density at radius 2 is 1.85 bits per heavy atom. The molecule has 3 aliphatic rings. The number of benzene rings is 1. The van der Waals surface area contributed by atoms with Gasteiger partial charge in [-0.15, -0.1) is 0 Å². The van der Waals surface area contributed by atoms with Gasteiger partial charge in [0.25, 0.3) is 5.91 Å². The molecule has 3 fully saturated rings. The molecular formula is C24H21F4N5O. The zero-order valence-electron chi connectivity index (χ0n) is 18.0. The first-order chi connectivity index (χ1) is 16.3. The second-order valence-electron chi connectivity index (χ2n) is 8.65. The van der Waals surface area contributed by atoms with Crippen LogP contribution in [-0.4, -0.2) is 44.4 Å². The maximum absolute atomic E-state index is 14.1. The molecule has 6 rings (SSSR count). The predicted molar refractivity (Wildman–Crippen MR) is 116 cm³/mol. The number of amides is 1. The van der Waals surface area contributed by atoms with Gasteiger partial charge in [0.1, 0.15) is 11.6 Å². The number of alkyl halides is 3. The van der Waals surface area contributed by atoms with Crippen LogP contribution in [0.15, 0.2) is 55.0 Å². The quantitative estimate of drug-likeness (QED) is 0.554. The van der Waals surface area contributed by atoms with Gasteiger partial charge in [0, 0.05) is 36.7 Å². The highest BCUT2D eigenvalue weighted by Gasteiger charge is 2.43. The molecule has 2 saturated heterocycles. The van der Waals surface area contributed by atoms with E-state index in [0.717, 1.165) is 31.5 Å². The third-order valence-corrected chi connectivity index (χ3v) is 6.48. The van der Waals surface area contributed by atoms with Crippen molar-refractivity contribution in [3.05, 3.63) is 71.9 Å². The van der Waals surface area contributed by atoms with E-state index < -0.39 is 17.6 Å². The van der Waals surface area contributed by atoms with Gasteiger partial charge < -0.3 is 10.2 Å². The van der Waals surface area contributed by atoms with Crippen molar-refractivity contribution < 1.29 is 22.4 Å².